The number of nitrogens with zero attached hydrogens (tertiary/aromatic N) is 1. The van der Waals surface area contributed by atoms with E-state index in [0.29, 0.717) is 5.56 Å². The van der Waals surface area contributed by atoms with Gasteiger partial charge in [-0.1, -0.05) is 12.1 Å². The number of anilines is 1. The maximum Gasteiger partial charge on any atom is 0.158 e. The molecule has 0 aliphatic heterocycles. The predicted molar refractivity (Wildman–Crippen MR) is 72.2 cm³/mol. The molecule has 0 saturated heterocycles. The smallest absolute Gasteiger partial charge is 0.158 e. The van der Waals surface area contributed by atoms with Crippen molar-refractivity contribution in [1.29, 1.82) is 0 Å². The van der Waals surface area contributed by atoms with E-state index in [9.17, 15) is 5.11 Å². The minimum Gasteiger partial charge on any atom is -0.504 e. The minimum absolute atomic E-state index is 0.140. The number of rotatable bonds is 3. The average Bonchev–Trinajstić information content (AvgIpc) is 2.34. The highest BCUT2D eigenvalue weighted by atomic mass is 16.3. The van der Waals surface area contributed by atoms with Crippen LogP contribution in [0.15, 0.2) is 47.6 Å². The summed E-state index contributed by atoms with van der Waals surface area (Å²) in [5.74, 6) is -0.298. The van der Waals surface area contributed by atoms with Crippen LogP contribution < -0.4 is 5.43 Å². The first kappa shape index (κ1) is 12.0. The van der Waals surface area contributed by atoms with Gasteiger partial charge in [0, 0.05) is 0 Å². The second-order valence-corrected chi connectivity index (χ2v) is 3.99. The van der Waals surface area contributed by atoms with Gasteiger partial charge in [0.25, 0.3) is 0 Å². The molecule has 18 heavy (non-hydrogen) atoms. The third-order valence-electron chi connectivity index (χ3n) is 2.42. The van der Waals surface area contributed by atoms with Gasteiger partial charge in [0.2, 0.25) is 0 Å². The van der Waals surface area contributed by atoms with E-state index in [1.54, 1.807) is 12.3 Å². The summed E-state index contributed by atoms with van der Waals surface area (Å²) in [7, 11) is 0. The highest BCUT2D eigenvalue weighted by Crippen LogP contribution is 2.24. The predicted octanol–water partition coefficient (Wildman–Crippen LogP) is 2.85. The summed E-state index contributed by atoms with van der Waals surface area (Å²) in [6.45, 7) is 2.01. The van der Waals surface area contributed by atoms with E-state index in [1.807, 2.05) is 31.2 Å². The Balaban J connectivity index is 2.05. The second kappa shape index (κ2) is 5.23. The lowest BCUT2D eigenvalue weighted by Gasteiger charge is -2.01. The number of hydrogen-bond donors (Lipinski definition) is 3. The van der Waals surface area contributed by atoms with E-state index in [-0.39, 0.29) is 11.5 Å². The average molecular weight is 242 g/mol. The highest BCUT2D eigenvalue weighted by molar-refractivity contribution is 5.81. The zero-order chi connectivity index (χ0) is 13.0. The lowest BCUT2D eigenvalue weighted by Crippen LogP contribution is -1.90. The minimum atomic E-state index is -0.158. The molecule has 0 bridgehead atoms. The maximum absolute atomic E-state index is 9.32. The van der Waals surface area contributed by atoms with E-state index >= 15 is 0 Å². The number of hydrogen-bond acceptors (Lipinski definition) is 4. The lowest BCUT2D eigenvalue weighted by atomic mass is 10.2. The van der Waals surface area contributed by atoms with Gasteiger partial charge in [-0.05, 0) is 48.4 Å². The molecule has 0 unspecified atom stereocenters. The first-order chi connectivity index (χ1) is 8.65. The fraction of sp³-hybridized carbons (Fsp3) is 0.0714. The molecular weight excluding hydrogens is 228 g/mol. The summed E-state index contributed by atoms with van der Waals surface area (Å²) in [5.41, 5.74) is 5.64. The zero-order valence-corrected chi connectivity index (χ0v) is 9.96. The van der Waals surface area contributed by atoms with Gasteiger partial charge in [0.15, 0.2) is 11.5 Å². The van der Waals surface area contributed by atoms with Gasteiger partial charge in [-0.25, -0.2) is 0 Å². The number of benzene rings is 2. The molecule has 0 aromatic heterocycles. The monoisotopic (exact) mass is 242 g/mol. The highest BCUT2D eigenvalue weighted by Gasteiger charge is 1.98. The van der Waals surface area contributed by atoms with Crippen molar-refractivity contribution in [2.75, 3.05) is 5.43 Å². The van der Waals surface area contributed by atoms with Crippen LogP contribution in [0.25, 0.3) is 0 Å². The third kappa shape index (κ3) is 3.01. The Morgan fingerprint density at radius 1 is 1.06 bits per heavy atom. The van der Waals surface area contributed by atoms with Gasteiger partial charge in [0.1, 0.15) is 0 Å². The maximum atomic E-state index is 9.32. The molecule has 0 spiro atoms. The molecule has 0 aliphatic carbocycles. The van der Waals surface area contributed by atoms with Crippen molar-refractivity contribution in [3.63, 3.8) is 0 Å². The number of phenolic OH excluding ortho intramolecular Hbond substituents is 2. The molecule has 0 fully saturated rings. The molecule has 0 aliphatic rings. The van der Waals surface area contributed by atoms with E-state index < -0.39 is 0 Å². The van der Waals surface area contributed by atoms with E-state index in [0.717, 1.165) is 11.3 Å². The molecular formula is C14H14N2O2. The van der Waals surface area contributed by atoms with Crippen LogP contribution in [0.1, 0.15) is 11.1 Å². The standard InChI is InChI=1S/C14H14N2O2/c1-10-3-2-4-12(7-10)16-15-9-11-5-6-13(17)14(18)8-11/h2-9,16-18H,1H3/b15-9+. The largest absolute Gasteiger partial charge is 0.504 e. The SMILES string of the molecule is Cc1cccc(N/N=C/c2ccc(O)c(O)c2)c1. The van der Waals surface area contributed by atoms with Crippen LogP contribution >= 0.6 is 0 Å². The Labute approximate surface area is 105 Å². The lowest BCUT2D eigenvalue weighted by molar-refractivity contribution is 0.403. The third-order valence-corrected chi connectivity index (χ3v) is 2.42. The Hall–Kier alpha value is -2.49. The fourth-order valence-corrected chi connectivity index (χ4v) is 1.52. The molecule has 0 heterocycles. The Morgan fingerprint density at radius 2 is 1.89 bits per heavy atom. The summed E-state index contributed by atoms with van der Waals surface area (Å²) >= 11 is 0. The summed E-state index contributed by atoms with van der Waals surface area (Å²) in [5, 5.41) is 22.5. The van der Waals surface area contributed by atoms with Crippen molar-refractivity contribution in [2.24, 2.45) is 5.10 Å². The molecule has 2 aromatic rings. The first-order valence-corrected chi connectivity index (χ1v) is 5.53. The van der Waals surface area contributed by atoms with E-state index in [4.69, 9.17) is 5.11 Å². The van der Waals surface area contributed by atoms with Crippen molar-refractivity contribution >= 4 is 11.9 Å². The van der Waals surface area contributed by atoms with Gasteiger partial charge in [-0.2, -0.15) is 5.10 Å². The Morgan fingerprint density at radius 3 is 2.61 bits per heavy atom. The van der Waals surface area contributed by atoms with Crippen molar-refractivity contribution in [3.05, 3.63) is 53.6 Å². The van der Waals surface area contributed by atoms with Crippen LogP contribution in [0, 0.1) is 6.92 Å². The number of hydrazone groups is 1. The number of phenols is 2. The van der Waals surface area contributed by atoms with E-state index in [1.165, 1.54) is 12.1 Å². The van der Waals surface area contributed by atoms with E-state index in [2.05, 4.69) is 10.5 Å². The van der Waals surface area contributed by atoms with Crippen LogP contribution in [0.3, 0.4) is 0 Å². The van der Waals surface area contributed by atoms with Crippen LogP contribution in [0.5, 0.6) is 11.5 Å². The van der Waals surface area contributed by atoms with Crippen LogP contribution in [-0.2, 0) is 0 Å². The van der Waals surface area contributed by atoms with Gasteiger partial charge < -0.3 is 10.2 Å². The van der Waals surface area contributed by atoms with Gasteiger partial charge in [-0.15, -0.1) is 0 Å². The van der Waals surface area contributed by atoms with Crippen molar-refractivity contribution < 1.29 is 10.2 Å². The quantitative estimate of drug-likeness (QED) is 0.440. The number of nitrogens with one attached hydrogen (secondary N) is 1. The molecule has 0 saturated carbocycles. The molecule has 2 aromatic carbocycles. The molecule has 2 rings (SSSR count). The number of aryl methyl sites for hydroxylation is 1. The summed E-state index contributed by atoms with van der Waals surface area (Å²) < 4.78 is 0. The summed E-state index contributed by atoms with van der Waals surface area (Å²) in [6, 6.07) is 12.4. The van der Waals surface area contributed by atoms with Crippen LogP contribution in [-0.4, -0.2) is 16.4 Å². The normalized spacial score (nSPS) is 10.7. The molecule has 0 radical (unpaired) electrons. The van der Waals surface area contributed by atoms with Crippen LogP contribution in [0.4, 0.5) is 5.69 Å². The molecule has 0 atom stereocenters. The molecule has 4 heteroatoms. The van der Waals surface area contributed by atoms with Gasteiger partial charge in [0.05, 0.1) is 11.9 Å². The van der Waals surface area contributed by atoms with Crippen molar-refractivity contribution in [3.8, 4) is 11.5 Å². The van der Waals surface area contributed by atoms with Gasteiger partial charge in [-0.3, -0.25) is 5.43 Å². The van der Waals surface area contributed by atoms with Crippen molar-refractivity contribution in [1.82, 2.24) is 0 Å². The van der Waals surface area contributed by atoms with Crippen molar-refractivity contribution in [2.45, 2.75) is 6.92 Å². The summed E-state index contributed by atoms with van der Waals surface area (Å²) in [6.07, 6.45) is 1.57. The van der Waals surface area contributed by atoms with Crippen LogP contribution in [0.2, 0.25) is 0 Å². The Kier molecular flexibility index (Phi) is 3.48. The topological polar surface area (TPSA) is 64.9 Å². The molecule has 92 valence electrons. The molecule has 4 nitrogen and oxygen atoms in total. The molecule has 0 amide bonds. The summed E-state index contributed by atoms with van der Waals surface area (Å²) in [4.78, 5) is 0. The first-order valence-electron chi connectivity index (χ1n) is 5.53. The zero-order valence-electron chi connectivity index (χ0n) is 9.96. The van der Waals surface area contributed by atoms with Gasteiger partial charge >= 0.3 is 0 Å². The Bertz CT molecular complexity index is 580. The molecule has 3 N–H and O–H groups in total. The number of aromatic hydroxyl groups is 2. The second-order valence-electron chi connectivity index (χ2n) is 3.99. The fourth-order valence-electron chi connectivity index (χ4n) is 1.52.